The number of halogens is 1. The van der Waals surface area contributed by atoms with Gasteiger partial charge in [-0.1, -0.05) is 0 Å². The lowest BCUT2D eigenvalue weighted by molar-refractivity contribution is -0.110. The van der Waals surface area contributed by atoms with Crippen LogP contribution in [0.4, 0.5) is 10.1 Å². The zero-order valence-electron chi connectivity index (χ0n) is 9.51. The molecule has 1 aliphatic heterocycles. The number of amides is 1. The third kappa shape index (κ3) is 2.06. The minimum absolute atomic E-state index is 0.162. The van der Waals surface area contributed by atoms with Crippen LogP contribution in [0.15, 0.2) is 35.9 Å². The minimum Gasteiger partial charge on any atom is -0.321 e. The molecule has 0 spiro atoms. The molecule has 4 nitrogen and oxygen atoms in total. The summed E-state index contributed by atoms with van der Waals surface area (Å²) in [5.41, 5.74) is 1.06. The van der Waals surface area contributed by atoms with Gasteiger partial charge in [0, 0.05) is 28.9 Å². The standard InChI is InChI=1S/C13H7FN2O2S/c14-7-1-2-10-8(5-7)9(12(18)16-10)6-11(17)13-15-3-4-19-13/h1-6H,(H,16,18)/b9-6+. The van der Waals surface area contributed by atoms with E-state index in [0.717, 1.165) is 0 Å². The monoisotopic (exact) mass is 274 g/mol. The first-order valence-corrected chi connectivity index (χ1v) is 6.30. The van der Waals surface area contributed by atoms with Crippen LogP contribution in [-0.4, -0.2) is 16.7 Å². The Balaban J connectivity index is 2.04. The molecule has 0 fully saturated rings. The van der Waals surface area contributed by atoms with Gasteiger partial charge in [0.2, 0.25) is 5.78 Å². The van der Waals surface area contributed by atoms with Crippen LogP contribution in [0.3, 0.4) is 0 Å². The van der Waals surface area contributed by atoms with Crippen LogP contribution in [0.2, 0.25) is 0 Å². The molecule has 0 radical (unpaired) electrons. The van der Waals surface area contributed by atoms with E-state index in [0.29, 0.717) is 16.3 Å². The molecular formula is C13H7FN2O2S. The minimum atomic E-state index is -0.456. The molecule has 1 aliphatic rings. The molecule has 1 aromatic carbocycles. The van der Waals surface area contributed by atoms with Gasteiger partial charge >= 0.3 is 0 Å². The van der Waals surface area contributed by atoms with Gasteiger partial charge in [0.15, 0.2) is 5.01 Å². The zero-order valence-corrected chi connectivity index (χ0v) is 10.3. The normalized spacial score (nSPS) is 15.4. The molecule has 0 aliphatic carbocycles. The number of allylic oxidation sites excluding steroid dienone is 1. The number of benzene rings is 1. The smallest absolute Gasteiger partial charge is 0.256 e. The molecule has 3 rings (SSSR count). The van der Waals surface area contributed by atoms with Gasteiger partial charge in [-0.3, -0.25) is 9.59 Å². The van der Waals surface area contributed by atoms with Crippen LogP contribution >= 0.6 is 11.3 Å². The van der Waals surface area contributed by atoms with Gasteiger partial charge in [-0.15, -0.1) is 11.3 Å². The molecule has 1 N–H and O–H groups in total. The maximum Gasteiger partial charge on any atom is 0.256 e. The summed E-state index contributed by atoms with van der Waals surface area (Å²) >= 11 is 1.19. The summed E-state index contributed by atoms with van der Waals surface area (Å²) in [6.45, 7) is 0. The molecule has 94 valence electrons. The van der Waals surface area contributed by atoms with Gasteiger partial charge in [-0.05, 0) is 18.2 Å². The van der Waals surface area contributed by atoms with Crippen LogP contribution in [0.1, 0.15) is 15.4 Å². The first kappa shape index (κ1) is 11.7. The molecule has 6 heteroatoms. The second-order valence-electron chi connectivity index (χ2n) is 3.90. The Bertz CT molecular complexity index is 707. The molecule has 1 aromatic heterocycles. The van der Waals surface area contributed by atoms with E-state index in [1.165, 1.54) is 41.8 Å². The summed E-state index contributed by atoms with van der Waals surface area (Å²) in [6, 6.07) is 3.95. The Morgan fingerprint density at radius 3 is 3.00 bits per heavy atom. The Labute approximate surface area is 111 Å². The zero-order chi connectivity index (χ0) is 13.4. The van der Waals surface area contributed by atoms with E-state index >= 15 is 0 Å². The van der Waals surface area contributed by atoms with E-state index in [-0.39, 0.29) is 11.4 Å². The molecule has 0 saturated heterocycles. The number of carbonyl (C=O) groups excluding carboxylic acids is 2. The number of nitrogens with zero attached hydrogens (tertiary/aromatic N) is 1. The van der Waals surface area contributed by atoms with Gasteiger partial charge in [-0.2, -0.15) is 0 Å². The Hall–Kier alpha value is -2.34. The highest BCUT2D eigenvalue weighted by atomic mass is 32.1. The summed E-state index contributed by atoms with van der Waals surface area (Å²) in [4.78, 5) is 27.6. The van der Waals surface area contributed by atoms with Gasteiger partial charge in [0.25, 0.3) is 5.91 Å². The fraction of sp³-hybridized carbons (Fsp3) is 0. The maximum absolute atomic E-state index is 13.2. The Morgan fingerprint density at radius 2 is 2.26 bits per heavy atom. The van der Waals surface area contributed by atoms with Crippen LogP contribution in [0, 0.1) is 5.82 Å². The van der Waals surface area contributed by atoms with E-state index < -0.39 is 11.7 Å². The largest absolute Gasteiger partial charge is 0.321 e. The van der Waals surface area contributed by atoms with Crippen molar-refractivity contribution in [3.05, 3.63) is 52.2 Å². The van der Waals surface area contributed by atoms with Crippen LogP contribution in [0.5, 0.6) is 0 Å². The number of anilines is 1. The van der Waals surface area contributed by atoms with Crippen LogP contribution in [0.25, 0.3) is 5.57 Å². The van der Waals surface area contributed by atoms with Crippen LogP contribution in [-0.2, 0) is 4.79 Å². The molecule has 0 bridgehead atoms. The predicted molar refractivity (Wildman–Crippen MR) is 69.5 cm³/mol. The van der Waals surface area contributed by atoms with Crippen molar-refractivity contribution in [3.8, 4) is 0 Å². The summed E-state index contributed by atoms with van der Waals surface area (Å²) in [7, 11) is 0. The number of fused-ring (bicyclic) bond motifs is 1. The molecule has 0 unspecified atom stereocenters. The molecule has 0 atom stereocenters. The van der Waals surface area contributed by atoms with E-state index in [2.05, 4.69) is 10.3 Å². The first-order chi connectivity index (χ1) is 9.15. The third-order valence-corrected chi connectivity index (χ3v) is 3.47. The van der Waals surface area contributed by atoms with Crippen molar-refractivity contribution in [2.45, 2.75) is 0 Å². The van der Waals surface area contributed by atoms with E-state index in [1.54, 1.807) is 5.38 Å². The van der Waals surface area contributed by atoms with Crippen molar-refractivity contribution < 1.29 is 14.0 Å². The van der Waals surface area contributed by atoms with E-state index in [9.17, 15) is 14.0 Å². The summed E-state index contributed by atoms with van der Waals surface area (Å²) in [5.74, 6) is -1.23. The number of ketones is 1. The van der Waals surface area contributed by atoms with Gasteiger partial charge < -0.3 is 5.32 Å². The third-order valence-electron chi connectivity index (χ3n) is 2.68. The maximum atomic E-state index is 13.2. The quantitative estimate of drug-likeness (QED) is 0.676. The summed E-state index contributed by atoms with van der Waals surface area (Å²) in [5, 5.41) is 4.55. The predicted octanol–water partition coefficient (Wildman–Crippen LogP) is 2.50. The van der Waals surface area contributed by atoms with Gasteiger partial charge in [-0.25, -0.2) is 9.37 Å². The highest BCUT2D eigenvalue weighted by Gasteiger charge is 2.25. The number of hydrogen-bond donors (Lipinski definition) is 1. The van der Waals surface area contributed by atoms with Gasteiger partial charge in [0.05, 0.1) is 5.57 Å². The van der Waals surface area contributed by atoms with Crippen LogP contribution < -0.4 is 5.32 Å². The average molecular weight is 274 g/mol. The average Bonchev–Trinajstić information content (AvgIpc) is 2.99. The number of nitrogens with one attached hydrogen (secondary N) is 1. The van der Waals surface area contributed by atoms with Crippen molar-refractivity contribution in [3.63, 3.8) is 0 Å². The van der Waals surface area contributed by atoms with Crippen molar-refractivity contribution in [1.82, 2.24) is 4.98 Å². The number of aromatic nitrogens is 1. The highest BCUT2D eigenvalue weighted by Crippen LogP contribution is 2.32. The van der Waals surface area contributed by atoms with E-state index in [4.69, 9.17) is 0 Å². The van der Waals surface area contributed by atoms with Crippen molar-refractivity contribution in [2.75, 3.05) is 5.32 Å². The Morgan fingerprint density at radius 1 is 1.42 bits per heavy atom. The van der Waals surface area contributed by atoms with Crippen molar-refractivity contribution in [1.29, 1.82) is 0 Å². The number of thiazole rings is 1. The summed E-state index contributed by atoms with van der Waals surface area (Å²) in [6.07, 6.45) is 2.71. The SMILES string of the molecule is O=C1Nc2ccc(F)cc2/C1=C\C(=O)c1nccs1. The Kier molecular flexibility index (Phi) is 2.72. The van der Waals surface area contributed by atoms with Crippen molar-refractivity contribution in [2.24, 2.45) is 0 Å². The van der Waals surface area contributed by atoms with Gasteiger partial charge in [0.1, 0.15) is 5.82 Å². The molecule has 2 aromatic rings. The number of carbonyl (C=O) groups is 2. The van der Waals surface area contributed by atoms with E-state index in [1.807, 2.05) is 0 Å². The lowest BCUT2D eigenvalue weighted by atomic mass is 10.1. The molecular weight excluding hydrogens is 267 g/mol. The number of rotatable bonds is 2. The fourth-order valence-corrected chi connectivity index (χ4v) is 2.39. The number of hydrogen-bond acceptors (Lipinski definition) is 4. The molecule has 1 amide bonds. The van der Waals surface area contributed by atoms with Crippen molar-refractivity contribution >= 4 is 34.3 Å². The second kappa shape index (κ2) is 4.40. The lowest BCUT2D eigenvalue weighted by Crippen LogP contribution is -2.05. The molecule has 0 saturated carbocycles. The first-order valence-electron chi connectivity index (χ1n) is 5.42. The topological polar surface area (TPSA) is 59.1 Å². The lowest BCUT2D eigenvalue weighted by Gasteiger charge is -1.97. The summed E-state index contributed by atoms with van der Waals surface area (Å²) < 4.78 is 13.2. The fourth-order valence-electron chi connectivity index (χ4n) is 1.84. The molecule has 19 heavy (non-hydrogen) atoms. The second-order valence-corrected chi connectivity index (χ2v) is 4.80. The highest BCUT2D eigenvalue weighted by molar-refractivity contribution is 7.11. The molecule has 2 heterocycles.